The number of furan rings is 1. The van der Waals surface area contributed by atoms with E-state index in [1.807, 2.05) is 55.1 Å². The molecule has 0 N–H and O–H groups in total. The van der Waals surface area contributed by atoms with Crippen molar-refractivity contribution in [1.29, 1.82) is 0 Å². The standard InChI is InChI=1S/C22H22N4O/c1-13(2)25-15(4)26(18-8-6-11-23-21(18)25)19-14(3)9-10-16-17-7-5-12-24-22(17)27-20(16)19/h5-13,15H,1-4H3/t15-/m0/s1/i1D3,13D/t13?,15-. The van der Waals surface area contributed by atoms with E-state index in [1.54, 1.807) is 17.3 Å². The summed E-state index contributed by atoms with van der Waals surface area (Å²) in [7, 11) is 0. The normalized spacial score (nSPS) is 21.5. The number of pyridine rings is 2. The molecule has 5 rings (SSSR count). The summed E-state index contributed by atoms with van der Waals surface area (Å²) in [5.74, 6) is 0.467. The van der Waals surface area contributed by atoms with Crippen LogP contribution in [0.5, 0.6) is 0 Å². The van der Waals surface area contributed by atoms with E-state index in [9.17, 15) is 0 Å². The number of benzene rings is 1. The molecule has 0 saturated heterocycles. The molecule has 136 valence electrons. The Kier molecular flexibility index (Phi) is 2.61. The number of rotatable bonds is 2. The van der Waals surface area contributed by atoms with Gasteiger partial charge in [0, 0.05) is 33.3 Å². The molecule has 1 aliphatic heterocycles. The summed E-state index contributed by atoms with van der Waals surface area (Å²) in [6.07, 6.45) is 2.84. The Balaban J connectivity index is 1.79. The zero-order valence-electron chi connectivity index (χ0n) is 19.4. The minimum absolute atomic E-state index is 0.467. The molecule has 0 spiro atoms. The molecule has 1 unspecified atom stereocenters. The van der Waals surface area contributed by atoms with Gasteiger partial charge in [-0.1, -0.05) is 12.1 Å². The third-order valence-electron chi connectivity index (χ3n) is 5.20. The lowest BCUT2D eigenvalue weighted by Crippen LogP contribution is -2.42. The summed E-state index contributed by atoms with van der Waals surface area (Å²) in [5, 5.41) is 1.85. The number of aromatic nitrogens is 2. The Morgan fingerprint density at radius 1 is 1.15 bits per heavy atom. The second-order valence-corrected chi connectivity index (χ2v) is 6.87. The quantitative estimate of drug-likeness (QED) is 0.478. The molecule has 4 heterocycles. The molecule has 2 atom stereocenters. The monoisotopic (exact) mass is 362 g/mol. The largest absolute Gasteiger partial charge is 0.435 e. The van der Waals surface area contributed by atoms with Crippen LogP contribution >= 0.6 is 0 Å². The lowest BCUT2D eigenvalue weighted by atomic mass is 10.1. The van der Waals surface area contributed by atoms with Crippen LogP contribution in [-0.2, 0) is 0 Å². The van der Waals surface area contributed by atoms with Crippen molar-refractivity contribution in [2.75, 3.05) is 9.80 Å². The zero-order valence-corrected chi connectivity index (χ0v) is 15.4. The molecule has 0 radical (unpaired) electrons. The van der Waals surface area contributed by atoms with Crippen molar-refractivity contribution >= 4 is 39.3 Å². The van der Waals surface area contributed by atoms with E-state index in [0.717, 1.165) is 27.7 Å². The van der Waals surface area contributed by atoms with E-state index in [0.29, 0.717) is 17.1 Å². The second kappa shape index (κ2) is 5.71. The molecule has 5 nitrogen and oxygen atoms in total. The van der Waals surface area contributed by atoms with E-state index < -0.39 is 19.0 Å². The van der Waals surface area contributed by atoms with Crippen LogP contribution in [0.25, 0.3) is 22.1 Å². The molecular weight excluding hydrogens is 336 g/mol. The Morgan fingerprint density at radius 3 is 2.81 bits per heavy atom. The predicted molar refractivity (Wildman–Crippen MR) is 110 cm³/mol. The Morgan fingerprint density at radius 2 is 1.96 bits per heavy atom. The maximum Gasteiger partial charge on any atom is 0.227 e. The number of aryl methyl sites for hydroxylation is 1. The topological polar surface area (TPSA) is 45.4 Å². The van der Waals surface area contributed by atoms with Crippen LogP contribution < -0.4 is 9.80 Å². The zero-order chi connectivity index (χ0) is 22.1. The number of fused-ring (bicyclic) bond motifs is 4. The molecule has 27 heavy (non-hydrogen) atoms. The van der Waals surface area contributed by atoms with Gasteiger partial charge in [-0.3, -0.25) is 0 Å². The maximum absolute atomic E-state index is 8.76. The first-order chi connectivity index (χ1) is 14.6. The van der Waals surface area contributed by atoms with Gasteiger partial charge in [0.15, 0.2) is 11.4 Å². The fraction of sp³-hybridized carbons (Fsp3) is 0.273. The average Bonchev–Trinajstić information content (AvgIpc) is 3.22. The van der Waals surface area contributed by atoms with Crippen molar-refractivity contribution in [3.63, 3.8) is 0 Å². The summed E-state index contributed by atoms with van der Waals surface area (Å²) in [6.45, 7) is 2.76. The molecular formula is C22H22N4O. The highest BCUT2D eigenvalue weighted by atomic mass is 16.3. The smallest absolute Gasteiger partial charge is 0.227 e. The molecule has 3 aromatic heterocycles. The van der Waals surface area contributed by atoms with Gasteiger partial charge < -0.3 is 14.2 Å². The molecule has 0 fully saturated rings. The van der Waals surface area contributed by atoms with Gasteiger partial charge in [-0.2, -0.15) is 0 Å². The van der Waals surface area contributed by atoms with Crippen molar-refractivity contribution in [3.8, 4) is 0 Å². The van der Waals surface area contributed by atoms with Gasteiger partial charge in [-0.05, 0) is 57.5 Å². The summed E-state index contributed by atoms with van der Waals surface area (Å²) in [4.78, 5) is 12.4. The lowest BCUT2D eigenvalue weighted by molar-refractivity contribution is 0.597. The summed E-state index contributed by atoms with van der Waals surface area (Å²) in [6, 6.07) is 9.72. The third kappa shape index (κ3) is 2.17. The Labute approximate surface area is 163 Å². The molecule has 5 heteroatoms. The average molecular weight is 362 g/mol. The van der Waals surface area contributed by atoms with Crippen LogP contribution in [0.2, 0.25) is 0 Å². The fourth-order valence-electron chi connectivity index (χ4n) is 4.06. The van der Waals surface area contributed by atoms with Crippen molar-refractivity contribution in [2.24, 2.45) is 0 Å². The second-order valence-electron chi connectivity index (χ2n) is 6.87. The van der Waals surface area contributed by atoms with Crippen molar-refractivity contribution < 1.29 is 9.90 Å². The van der Waals surface area contributed by atoms with Gasteiger partial charge in [0.05, 0.1) is 12.7 Å². The van der Waals surface area contributed by atoms with Crippen LogP contribution in [0, 0.1) is 6.92 Å². The number of hydrogen-bond donors (Lipinski definition) is 0. The van der Waals surface area contributed by atoms with Gasteiger partial charge in [0.1, 0.15) is 6.17 Å². The van der Waals surface area contributed by atoms with Crippen LogP contribution in [0.15, 0.2) is 53.2 Å². The number of anilines is 3. The fourth-order valence-corrected chi connectivity index (χ4v) is 4.06. The SMILES string of the molecule is [2H]C([2H])([2H])C([2H])(C)N1c2ncccc2N(c2c(C)ccc3c2oc2ncccc23)[C@H]1C. The van der Waals surface area contributed by atoms with Gasteiger partial charge in [0.2, 0.25) is 5.71 Å². The number of hydrogen-bond acceptors (Lipinski definition) is 5. The molecule has 4 aromatic rings. The van der Waals surface area contributed by atoms with Crippen LogP contribution in [0.4, 0.5) is 17.2 Å². The van der Waals surface area contributed by atoms with Crippen LogP contribution in [-0.4, -0.2) is 22.2 Å². The third-order valence-corrected chi connectivity index (χ3v) is 5.20. The maximum atomic E-state index is 8.76. The van der Waals surface area contributed by atoms with E-state index in [-0.39, 0.29) is 0 Å². The molecule has 0 bridgehead atoms. The van der Waals surface area contributed by atoms with Crippen LogP contribution in [0.1, 0.15) is 31.7 Å². The van der Waals surface area contributed by atoms with Crippen molar-refractivity contribution in [1.82, 2.24) is 9.97 Å². The summed E-state index contributed by atoms with van der Waals surface area (Å²) < 4.78 is 38.9. The molecule has 0 saturated carbocycles. The van der Waals surface area contributed by atoms with Crippen molar-refractivity contribution in [2.45, 2.75) is 39.8 Å². The van der Waals surface area contributed by atoms with Gasteiger partial charge in [0.25, 0.3) is 0 Å². The first kappa shape index (κ1) is 12.3. The Hall–Kier alpha value is -3.08. The predicted octanol–water partition coefficient (Wildman–Crippen LogP) is 5.40. The van der Waals surface area contributed by atoms with Gasteiger partial charge in [-0.15, -0.1) is 0 Å². The lowest BCUT2D eigenvalue weighted by Gasteiger charge is -2.33. The molecule has 1 aliphatic rings. The first-order valence-corrected chi connectivity index (χ1v) is 8.93. The van der Waals surface area contributed by atoms with Crippen LogP contribution in [0.3, 0.4) is 0 Å². The van der Waals surface area contributed by atoms with Gasteiger partial charge >= 0.3 is 0 Å². The summed E-state index contributed by atoms with van der Waals surface area (Å²) >= 11 is 0. The van der Waals surface area contributed by atoms with E-state index in [4.69, 9.17) is 9.90 Å². The van der Waals surface area contributed by atoms with E-state index in [2.05, 4.69) is 9.97 Å². The van der Waals surface area contributed by atoms with E-state index >= 15 is 0 Å². The van der Waals surface area contributed by atoms with Gasteiger partial charge in [-0.25, -0.2) is 9.97 Å². The molecule has 0 amide bonds. The Bertz CT molecular complexity index is 1310. The summed E-state index contributed by atoms with van der Waals surface area (Å²) in [5.41, 5.74) is 3.75. The highest BCUT2D eigenvalue weighted by molar-refractivity contribution is 6.09. The number of nitrogens with zero attached hydrogens (tertiary/aromatic N) is 4. The van der Waals surface area contributed by atoms with E-state index in [1.165, 1.54) is 6.92 Å². The molecule has 1 aromatic carbocycles. The first-order valence-electron chi connectivity index (χ1n) is 10.9. The minimum atomic E-state index is -2.53. The van der Waals surface area contributed by atoms with Crippen molar-refractivity contribution in [3.05, 3.63) is 54.4 Å². The molecule has 0 aliphatic carbocycles. The highest BCUT2D eigenvalue weighted by Crippen LogP contribution is 2.47. The highest BCUT2D eigenvalue weighted by Gasteiger charge is 2.38. The minimum Gasteiger partial charge on any atom is -0.435 e.